The van der Waals surface area contributed by atoms with Crippen molar-refractivity contribution in [1.29, 1.82) is 0 Å². The molecular formula is C11H10Cl2O. The smallest absolute Gasteiger partial charge is 0.0814 e. The Morgan fingerprint density at radius 1 is 1.43 bits per heavy atom. The number of benzene rings is 1. The summed E-state index contributed by atoms with van der Waals surface area (Å²) in [5.41, 5.74) is 0.634. The fourth-order valence-corrected chi connectivity index (χ4v) is 1.59. The van der Waals surface area contributed by atoms with E-state index in [1.807, 2.05) is 0 Å². The van der Waals surface area contributed by atoms with Crippen molar-refractivity contribution in [2.75, 3.05) is 0 Å². The van der Waals surface area contributed by atoms with Gasteiger partial charge in [-0.25, -0.2) is 0 Å². The maximum atomic E-state index is 9.72. The van der Waals surface area contributed by atoms with Gasteiger partial charge in [0.2, 0.25) is 0 Å². The van der Waals surface area contributed by atoms with Crippen LogP contribution in [0.4, 0.5) is 0 Å². The third-order valence-corrected chi connectivity index (χ3v) is 2.74. The Hall–Kier alpha value is -0.680. The second kappa shape index (κ2) is 5.26. The van der Waals surface area contributed by atoms with Gasteiger partial charge in [0, 0.05) is 12.0 Å². The molecule has 74 valence electrons. The molecule has 1 nitrogen and oxygen atoms in total. The predicted octanol–water partition coefficient (Wildman–Crippen LogP) is 3.44. The average molecular weight is 229 g/mol. The van der Waals surface area contributed by atoms with Gasteiger partial charge in [0.1, 0.15) is 0 Å². The van der Waals surface area contributed by atoms with Crippen molar-refractivity contribution in [2.45, 2.75) is 18.9 Å². The number of aliphatic hydroxyl groups excluding tert-OH is 1. The van der Waals surface area contributed by atoms with E-state index in [0.717, 1.165) is 0 Å². The molecule has 1 unspecified atom stereocenters. The molecule has 0 aliphatic carbocycles. The van der Waals surface area contributed by atoms with Crippen LogP contribution in [0.15, 0.2) is 18.2 Å². The minimum Gasteiger partial charge on any atom is -0.388 e. The van der Waals surface area contributed by atoms with Gasteiger partial charge in [-0.05, 0) is 12.5 Å². The molecule has 3 heteroatoms. The lowest BCUT2D eigenvalue weighted by Gasteiger charge is -2.11. The molecule has 1 aromatic rings. The second-order valence-electron chi connectivity index (χ2n) is 2.90. The molecule has 1 atom stereocenters. The standard InChI is InChI=1S/C11H10Cl2O/c1-2-3-7-10(14)8-5-4-6-9(12)11(8)13/h1,4-6,10,14H,3,7H2. The predicted molar refractivity (Wildman–Crippen MR) is 59.5 cm³/mol. The molecular weight excluding hydrogens is 219 g/mol. The molecule has 0 aromatic heterocycles. The number of rotatable bonds is 3. The zero-order valence-corrected chi connectivity index (χ0v) is 9.02. The summed E-state index contributed by atoms with van der Waals surface area (Å²) in [6.07, 6.45) is 5.48. The molecule has 0 heterocycles. The first-order valence-electron chi connectivity index (χ1n) is 4.22. The average Bonchev–Trinajstić information content (AvgIpc) is 2.18. The monoisotopic (exact) mass is 228 g/mol. The van der Waals surface area contributed by atoms with Crippen LogP contribution in [0.5, 0.6) is 0 Å². The molecule has 0 bridgehead atoms. The molecule has 1 N–H and O–H groups in total. The van der Waals surface area contributed by atoms with Gasteiger partial charge >= 0.3 is 0 Å². The molecule has 0 aliphatic heterocycles. The van der Waals surface area contributed by atoms with Crippen LogP contribution in [0.2, 0.25) is 10.0 Å². The van der Waals surface area contributed by atoms with Gasteiger partial charge < -0.3 is 5.11 Å². The summed E-state index contributed by atoms with van der Waals surface area (Å²) in [7, 11) is 0. The minimum atomic E-state index is -0.641. The largest absolute Gasteiger partial charge is 0.388 e. The highest BCUT2D eigenvalue weighted by molar-refractivity contribution is 6.42. The van der Waals surface area contributed by atoms with E-state index in [1.54, 1.807) is 18.2 Å². The van der Waals surface area contributed by atoms with Crippen LogP contribution >= 0.6 is 23.2 Å². The van der Waals surface area contributed by atoms with E-state index < -0.39 is 6.10 Å². The second-order valence-corrected chi connectivity index (χ2v) is 3.69. The lowest BCUT2D eigenvalue weighted by molar-refractivity contribution is 0.169. The van der Waals surface area contributed by atoms with Crippen LogP contribution in [-0.4, -0.2) is 5.11 Å². The molecule has 14 heavy (non-hydrogen) atoms. The Bertz CT molecular complexity index is 355. The van der Waals surface area contributed by atoms with E-state index in [1.165, 1.54) is 0 Å². The van der Waals surface area contributed by atoms with Crippen molar-refractivity contribution in [2.24, 2.45) is 0 Å². The van der Waals surface area contributed by atoms with Gasteiger partial charge in [-0.2, -0.15) is 0 Å². The minimum absolute atomic E-state index is 0.402. The fraction of sp³-hybridized carbons (Fsp3) is 0.273. The van der Waals surface area contributed by atoms with E-state index >= 15 is 0 Å². The van der Waals surface area contributed by atoms with Crippen LogP contribution in [0.3, 0.4) is 0 Å². The summed E-state index contributed by atoms with van der Waals surface area (Å²) in [5.74, 6) is 2.47. The highest BCUT2D eigenvalue weighted by Crippen LogP contribution is 2.31. The number of terminal acetylenes is 1. The van der Waals surface area contributed by atoms with E-state index in [-0.39, 0.29) is 0 Å². The van der Waals surface area contributed by atoms with Crippen LogP contribution in [0.25, 0.3) is 0 Å². The van der Waals surface area contributed by atoms with Gasteiger partial charge in [0.15, 0.2) is 0 Å². The van der Waals surface area contributed by atoms with E-state index in [2.05, 4.69) is 5.92 Å². The fourth-order valence-electron chi connectivity index (χ4n) is 1.15. The Kier molecular flexibility index (Phi) is 4.28. The number of aliphatic hydroxyl groups is 1. The molecule has 1 rings (SSSR count). The topological polar surface area (TPSA) is 20.2 Å². The van der Waals surface area contributed by atoms with Crippen LogP contribution in [0, 0.1) is 12.3 Å². The van der Waals surface area contributed by atoms with E-state index in [9.17, 15) is 5.11 Å². The van der Waals surface area contributed by atoms with E-state index in [4.69, 9.17) is 29.6 Å². The normalized spacial score (nSPS) is 12.1. The van der Waals surface area contributed by atoms with Gasteiger partial charge in [0.05, 0.1) is 16.1 Å². The van der Waals surface area contributed by atoms with Crippen molar-refractivity contribution < 1.29 is 5.11 Å². The van der Waals surface area contributed by atoms with Crippen molar-refractivity contribution in [3.8, 4) is 12.3 Å². The summed E-state index contributed by atoms with van der Waals surface area (Å²) >= 11 is 11.7. The Labute approximate surface area is 93.7 Å². The van der Waals surface area contributed by atoms with Gasteiger partial charge in [0.25, 0.3) is 0 Å². The highest BCUT2D eigenvalue weighted by atomic mass is 35.5. The van der Waals surface area contributed by atoms with Crippen LogP contribution in [-0.2, 0) is 0 Å². The van der Waals surface area contributed by atoms with Gasteiger partial charge in [-0.1, -0.05) is 35.3 Å². The lowest BCUT2D eigenvalue weighted by atomic mass is 10.1. The molecule has 0 aliphatic rings. The summed E-state index contributed by atoms with van der Waals surface area (Å²) < 4.78 is 0. The summed E-state index contributed by atoms with van der Waals surface area (Å²) in [4.78, 5) is 0. The van der Waals surface area contributed by atoms with Crippen molar-refractivity contribution in [1.82, 2.24) is 0 Å². The first kappa shape index (κ1) is 11.4. The molecule has 0 saturated carbocycles. The zero-order chi connectivity index (χ0) is 10.6. The summed E-state index contributed by atoms with van der Waals surface area (Å²) in [6, 6.07) is 5.18. The number of hydrogen-bond donors (Lipinski definition) is 1. The first-order chi connectivity index (χ1) is 6.66. The quantitative estimate of drug-likeness (QED) is 0.787. The molecule has 0 amide bonds. The third kappa shape index (κ3) is 2.65. The Morgan fingerprint density at radius 3 is 2.79 bits per heavy atom. The lowest BCUT2D eigenvalue weighted by Crippen LogP contribution is -1.97. The summed E-state index contributed by atoms with van der Waals surface area (Å²) in [6.45, 7) is 0. The maximum Gasteiger partial charge on any atom is 0.0814 e. The molecule has 0 spiro atoms. The first-order valence-corrected chi connectivity index (χ1v) is 4.98. The van der Waals surface area contributed by atoms with Crippen molar-refractivity contribution in [3.63, 3.8) is 0 Å². The highest BCUT2D eigenvalue weighted by Gasteiger charge is 2.12. The maximum absolute atomic E-state index is 9.72. The van der Waals surface area contributed by atoms with Crippen molar-refractivity contribution >= 4 is 23.2 Å². The Balaban J connectivity index is 2.85. The van der Waals surface area contributed by atoms with Crippen LogP contribution in [0.1, 0.15) is 24.5 Å². The third-order valence-electron chi connectivity index (χ3n) is 1.90. The van der Waals surface area contributed by atoms with Crippen molar-refractivity contribution in [3.05, 3.63) is 33.8 Å². The number of hydrogen-bond acceptors (Lipinski definition) is 1. The number of halogens is 2. The zero-order valence-electron chi connectivity index (χ0n) is 7.50. The SMILES string of the molecule is C#CCCC(O)c1cccc(Cl)c1Cl. The summed E-state index contributed by atoms with van der Waals surface area (Å²) in [5, 5.41) is 10.6. The molecule has 0 saturated heterocycles. The van der Waals surface area contributed by atoms with Crippen LogP contribution < -0.4 is 0 Å². The molecule has 0 radical (unpaired) electrons. The molecule has 1 aromatic carbocycles. The Morgan fingerprint density at radius 2 is 2.14 bits per heavy atom. The molecule has 0 fully saturated rings. The van der Waals surface area contributed by atoms with Gasteiger partial charge in [-0.15, -0.1) is 12.3 Å². The van der Waals surface area contributed by atoms with Gasteiger partial charge in [-0.3, -0.25) is 0 Å². The van der Waals surface area contributed by atoms with E-state index in [0.29, 0.717) is 28.5 Å².